The van der Waals surface area contributed by atoms with E-state index in [0.717, 1.165) is 11.8 Å². The smallest absolute Gasteiger partial charge is 0.337 e. The third kappa shape index (κ3) is 3.46. The van der Waals surface area contributed by atoms with Gasteiger partial charge in [0, 0.05) is 17.3 Å². The Morgan fingerprint density at radius 2 is 2.18 bits per heavy atom. The Morgan fingerprint density at radius 1 is 1.41 bits per heavy atom. The zero-order valence-corrected chi connectivity index (χ0v) is 12.7. The van der Waals surface area contributed by atoms with Crippen molar-refractivity contribution in [1.82, 2.24) is 4.98 Å². The Hall–Kier alpha value is -2.34. The van der Waals surface area contributed by atoms with Crippen LogP contribution < -0.4 is 10.1 Å². The van der Waals surface area contributed by atoms with Crippen LogP contribution in [0.1, 0.15) is 20.3 Å². The lowest BCUT2D eigenvalue weighted by Gasteiger charge is -2.20. The normalized spacial score (nSPS) is 13.6. The number of anilines is 1. The fourth-order valence-corrected chi connectivity index (χ4v) is 1.97. The van der Waals surface area contributed by atoms with Crippen LogP contribution >= 0.6 is 0 Å². The Balaban J connectivity index is 2.29. The number of nitrogens with one attached hydrogen (secondary N) is 1. The fourth-order valence-electron chi connectivity index (χ4n) is 1.97. The molecule has 6 nitrogen and oxygen atoms in total. The lowest BCUT2D eigenvalue weighted by atomic mass is 10.1. The van der Waals surface area contributed by atoms with E-state index in [1.54, 1.807) is 12.3 Å². The minimum absolute atomic E-state index is 0.110. The Bertz CT molecular complexity index is 670. The number of ether oxygens (including phenoxy) is 1. The number of aliphatic hydroxyl groups is 1. The van der Waals surface area contributed by atoms with E-state index >= 15 is 0 Å². The van der Waals surface area contributed by atoms with Crippen molar-refractivity contribution in [2.45, 2.75) is 25.9 Å². The topological polar surface area (TPSA) is 91.7 Å². The number of para-hydroxylation sites is 1. The van der Waals surface area contributed by atoms with Crippen molar-refractivity contribution < 1.29 is 19.7 Å². The number of hydrogen-bond acceptors (Lipinski definition) is 5. The average Bonchev–Trinajstić information content (AvgIpc) is 2.50. The molecule has 0 bridgehead atoms. The van der Waals surface area contributed by atoms with Crippen LogP contribution in [-0.4, -0.2) is 39.9 Å². The first-order valence-electron chi connectivity index (χ1n) is 7.16. The van der Waals surface area contributed by atoms with Crippen molar-refractivity contribution in [3.8, 4) is 5.75 Å². The maximum Gasteiger partial charge on any atom is 0.337 e. The minimum Gasteiger partial charge on any atom is -0.491 e. The summed E-state index contributed by atoms with van der Waals surface area (Å²) in [6.07, 6.45) is 2.52. The summed E-state index contributed by atoms with van der Waals surface area (Å²) in [6.45, 7) is 3.77. The van der Waals surface area contributed by atoms with E-state index in [-0.39, 0.29) is 6.54 Å². The lowest BCUT2D eigenvalue weighted by molar-refractivity contribution is -0.155. The third-order valence-electron chi connectivity index (χ3n) is 3.28. The van der Waals surface area contributed by atoms with Gasteiger partial charge in [-0.25, -0.2) is 4.79 Å². The van der Waals surface area contributed by atoms with Gasteiger partial charge in [-0.1, -0.05) is 19.1 Å². The predicted molar refractivity (Wildman–Crippen MR) is 84.3 cm³/mol. The van der Waals surface area contributed by atoms with E-state index in [1.807, 2.05) is 25.1 Å². The summed E-state index contributed by atoms with van der Waals surface area (Å²) in [4.78, 5) is 15.3. The summed E-state index contributed by atoms with van der Waals surface area (Å²) in [5, 5.41) is 22.5. The SMILES string of the molecule is CCCOc1cccc2c(NCC(C)(O)C(=O)O)ccnc12. The van der Waals surface area contributed by atoms with Gasteiger partial charge in [0.05, 0.1) is 13.2 Å². The number of hydrogen-bond donors (Lipinski definition) is 3. The van der Waals surface area contributed by atoms with Gasteiger partial charge < -0.3 is 20.3 Å². The third-order valence-corrected chi connectivity index (χ3v) is 3.28. The summed E-state index contributed by atoms with van der Waals surface area (Å²) in [5.74, 6) is -0.585. The van der Waals surface area contributed by atoms with E-state index in [4.69, 9.17) is 9.84 Å². The molecule has 0 fully saturated rings. The maximum absolute atomic E-state index is 11.0. The average molecular weight is 304 g/mol. The molecule has 3 N–H and O–H groups in total. The minimum atomic E-state index is -1.84. The first-order chi connectivity index (χ1) is 10.5. The number of aliphatic carboxylic acids is 1. The molecule has 0 spiro atoms. The van der Waals surface area contributed by atoms with Crippen LogP contribution in [0.3, 0.4) is 0 Å². The van der Waals surface area contributed by atoms with Crippen molar-refractivity contribution >= 4 is 22.6 Å². The lowest BCUT2D eigenvalue weighted by Crippen LogP contribution is -2.41. The molecule has 0 radical (unpaired) electrons. The summed E-state index contributed by atoms with van der Waals surface area (Å²) >= 11 is 0. The molecule has 1 aromatic heterocycles. The molecule has 0 amide bonds. The van der Waals surface area contributed by atoms with Crippen molar-refractivity contribution in [2.24, 2.45) is 0 Å². The highest BCUT2D eigenvalue weighted by Gasteiger charge is 2.29. The van der Waals surface area contributed by atoms with Crippen LogP contribution in [0.15, 0.2) is 30.5 Å². The standard InChI is InChI=1S/C16H20N2O4/c1-3-9-22-13-6-4-5-11-12(7-8-17-14(11)13)18-10-16(2,21)15(19)20/h4-8,21H,3,9-10H2,1-2H3,(H,17,18)(H,19,20). The number of aromatic nitrogens is 1. The number of carbonyl (C=O) groups is 1. The van der Waals surface area contributed by atoms with Gasteiger partial charge in [0.15, 0.2) is 5.60 Å². The molecule has 118 valence electrons. The molecule has 0 saturated heterocycles. The molecule has 1 heterocycles. The van der Waals surface area contributed by atoms with Gasteiger partial charge in [-0.15, -0.1) is 0 Å². The number of carboxylic acids is 1. The molecule has 0 aliphatic carbocycles. The summed E-state index contributed by atoms with van der Waals surface area (Å²) in [6, 6.07) is 7.32. The molecular weight excluding hydrogens is 284 g/mol. The second kappa shape index (κ2) is 6.62. The van der Waals surface area contributed by atoms with Crippen molar-refractivity contribution in [3.05, 3.63) is 30.5 Å². The van der Waals surface area contributed by atoms with Gasteiger partial charge in [0.25, 0.3) is 0 Å². The molecule has 1 aromatic carbocycles. The molecule has 2 aromatic rings. The number of pyridine rings is 1. The van der Waals surface area contributed by atoms with Crippen molar-refractivity contribution in [1.29, 1.82) is 0 Å². The van der Waals surface area contributed by atoms with Gasteiger partial charge in [0.1, 0.15) is 11.3 Å². The first kappa shape index (κ1) is 16.0. The van der Waals surface area contributed by atoms with Crippen LogP contribution in [0, 0.1) is 0 Å². The second-order valence-corrected chi connectivity index (χ2v) is 5.29. The molecule has 22 heavy (non-hydrogen) atoms. The highest BCUT2D eigenvalue weighted by Crippen LogP contribution is 2.29. The highest BCUT2D eigenvalue weighted by atomic mass is 16.5. The monoisotopic (exact) mass is 304 g/mol. The van der Waals surface area contributed by atoms with Gasteiger partial charge in [0.2, 0.25) is 0 Å². The van der Waals surface area contributed by atoms with Gasteiger partial charge >= 0.3 is 5.97 Å². The zero-order chi connectivity index (χ0) is 16.2. The molecule has 6 heteroatoms. The highest BCUT2D eigenvalue weighted by molar-refractivity contribution is 5.94. The van der Waals surface area contributed by atoms with E-state index < -0.39 is 11.6 Å². The van der Waals surface area contributed by atoms with Gasteiger partial charge in [-0.3, -0.25) is 4.98 Å². The molecule has 0 aliphatic heterocycles. The van der Waals surface area contributed by atoms with Crippen LogP contribution in [0.25, 0.3) is 10.9 Å². The number of nitrogens with zero attached hydrogens (tertiary/aromatic N) is 1. The van der Waals surface area contributed by atoms with Crippen molar-refractivity contribution in [2.75, 3.05) is 18.5 Å². The Kier molecular flexibility index (Phi) is 4.82. The van der Waals surface area contributed by atoms with Gasteiger partial charge in [-0.2, -0.15) is 0 Å². The second-order valence-electron chi connectivity index (χ2n) is 5.29. The molecule has 1 unspecified atom stereocenters. The number of carboxylic acid groups (broad SMARTS) is 1. The van der Waals surface area contributed by atoms with Crippen LogP contribution in [0.4, 0.5) is 5.69 Å². The number of benzene rings is 1. The summed E-state index contributed by atoms with van der Waals surface area (Å²) in [7, 11) is 0. The Morgan fingerprint density at radius 3 is 2.86 bits per heavy atom. The fraction of sp³-hybridized carbons (Fsp3) is 0.375. The quantitative estimate of drug-likeness (QED) is 0.727. The van der Waals surface area contributed by atoms with Crippen LogP contribution in [-0.2, 0) is 4.79 Å². The molecular formula is C16H20N2O4. The maximum atomic E-state index is 11.0. The van der Waals surface area contributed by atoms with Gasteiger partial charge in [-0.05, 0) is 25.5 Å². The first-order valence-corrected chi connectivity index (χ1v) is 7.16. The molecule has 1 atom stereocenters. The van der Waals surface area contributed by atoms with E-state index in [9.17, 15) is 9.90 Å². The Labute approximate surface area is 128 Å². The number of fused-ring (bicyclic) bond motifs is 1. The molecule has 0 saturated carbocycles. The summed E-state index contributed by atoms with van der Waals surface area (Å²) < 4.78 is 5.67. The number of rotatable bonds is 7. The van der Waals surface area contributed by atoms with E-state index in [0.29, 0.717) is 23.6 Å². The van der Waals surface area contributed by atoms with Crippen LogP contribution in [0.2, 0.25) is 0 Å². The van der Waals surface area contributed by atoms with E-state index in [2.05, 4.69) is 10.3 Å². The predicted octanol–water partition coefficient (Wildman–Crippen LogP) is 2.27. The van der Waals surface area contributed by atoms with Crippen molar-refractivity contribution in [3.63, 3.8) is 0 Å². The van der Waals surface area contributed by atoms with Crippen LogP contribution in [0.5, 0.6) is 5.75 Å². The largest absolute Gasteiger partial charge is 0.491 e. The van der Waals surface area contributed by atoms with E-state index in [1.165, 1.54) is 6.92 Å². The molecule has 0 aliphatic rings. The summed E-state index contributed by atoms with van der Waals surface area (Å²) in [5.41, 5.74) is -0.435. The zero-order valence-electron chi connectivity index (χ0n) is 12.7. The molecule has 2 rings (SSSR count).